The van der Waals surface area contributed by atoms with Crippen LogP contribution >= 0.6 is 0 Å². The second-order valence-corrected chi connectivity index (χ2v) is 6.56. The highest BCUT2D eigenvalue weighted by Gasteiger charge is 2.26. The molecular formula is C20H19N3O7. The number of ether oxygens (including phenoxy) is 2. The van der Waals surface area contributed by atoms with Gasteiger partial charge in [-0.15, -0.1) is 0 Å². The lowest BCUT2D eigenvalue weighted by Gasteiger charge is -2.09. The maximum Gasteiger partial charge on any atom is 0.338 e. The molecule has 1 fully saturated rings. The summed E-state index contributed by atoms with van der Waals surface area (Å²) < 4.78 is 9.93. The standard InChI is InChI=1S/C20H19N3O7/c1-29-17-5-3-2-4-14(17)19(25)22-18(24)11-30-20(26)12-6-9-15(21-13-7-8-13)16(10-12)23(27)28/h2-6,9-10,13,21H,7-8,11H2,1H3,(H,22,24,25). The SMILES string of the molecule is COc1ccccc1C(=O)NC(=O)COC(=O)c1ccc(NC2CC2)c([N+](=O)[O-])c1. The summed E-state index contributed by atoms with van der Waals surface area (Å²) in [5, 5.41) is 16.4. The lowest BCUT2D eigenvalue weighted by molar-refractivity contribution is -0.384. The Morgan fingerprint density at radius 2 is 1.90 bits per heavy atom. The smallest absolute Gasteiger partial charge is 0.338 e. The topological polar surface area (TPSA) is 137 Å². The maximum absolute atomic E-state index is 12.2. The van der Waals surface area contributed by atoms with Gasteiger partial charge in [-0.1, -0.05) is 12.1 Å². The highest BCUT2D eigenvalue weighted by Crippen LogP contribution is 2.31. The van der Waals surface area contributed by atoms with Gasteiger partial charge >= 0.3 is 5.97 Å². The third-order valence-electron chi connectivity index (χ3n) is 4.31. The Balaban J connectivity index is 1.59. The molecule has 10 nitrogen and oxygen atoms in total. The zero-order valence-corrected chi connectivity index (χ0v) is 16.0. The summed E-state index contributed by atoms with van der Waals surface area (Å²) in [6.45, 7) is -0.727. The van der Waals surface area contributed by atoms with E-state index in [1.54, 1.807) is 18.2 Å². The molecule has 0 aliphatic heterocycles. The van der Waals surface area contributed by atoms with E-state index in [0.717, 1.165) is 18.9 Å². The quantitative estimate of drug-likeness (QED) is 0.382. The molecule has 30 heavy (non-hydrogen) atoms. The van der Waals surface area contributed by atoms with Crippen LogP contribution in [0.3, 0.4) is 0 Å². The van der Waals surface area contributed by atoms with Gasteiger partial charge in [0.25, 0.3) is 17.5 Å². The summed E-state index contributed by atoms with van der Waals surface area (Å²) in [5.74, 6) is -2.19. The average Bonchev–Trinajstić information content (AvgIpc) is 3.56. The molecule has 10 heteroatoms. The van der Waals surface area contributed by atoms with Gasteiger partial charge in [-0.2, -0.15) is 0 Å². The van der Waals surface area contributed by atoms with Gasteiger partial charge in [-0.05, 0) is 37.1 Å². The predicted octanol–water partition coefficient (Wildman–Crippen LogP) is 2.29. The van der Waals surface area contributed by atoms with Gasteiger partial charge < -0.3 is 14.8 Å². The van der Waals surface area contributed by atoms with Crippen molar-refractivity contribution in [3.05, 3.63) is 63.7 Å². The minimum atomic E-state index is -0.920. The number of benzene rings is 2. The van der Waals surface area contributed by atoms with Gasteiger partial charge in [-0.3, -0.25) is 25.0 Å². The van der Waals surface area contributed by atoms with Crippen LogP contribution in [0, 0.1) is 10.1 Å². The lowest BCUT2D eigenvalue weighted by Crippen LogP contribution is -2.34. The number of imide groups is 1. The molecule has 0 heterocycles. The first-order chi connectivity index (χ1) is 14.4. The van der Waals surface area contributed by atoms with Crippen molar-refractivity contribution < 1.29 is 28.8 Å². The van der Waals surface area contributed by atoms with Crippen molar-refractivity contribution >= 4 is 29.2 Å². The minimum absolute atomic E-state index is 0.0769. The second kappa shape index (κ2) is 9.03. The zero-order valence-electron chi connectivity index (χ0n) is 16.0. The molecule has 2 N–H and O–H groups in total. The molecule has 0 spiro atoms. The number of methoxy groups -OCH3 is 1. The molecule has 1 saturated carbocycles. The van der Waals surface area contributed by atoms with Crippen molar-refractivity contribution in [2.45, 2.75) is 18.9 Å². The van der Waals surface area contributed by atoms with Crippen molar-refractivity contribution in [1.29, 1.82) is 0 Å². The molecule has 0 radical (unpaired) electrons. The molecule has 3 rings (SSSR count). The molecule has 2 amide bonds. The van der Waals surface area contributed by atoms with Crippen LogP contribution in [-0.2, 0) is 9.53 Å². The lowest BCUT2D eigenvalue weighted by atomic mass is 10.1. The van der Waals surface area contributed by atoms with Crippen molar-refractivity contribution in [3.8, 4) is 5.75 Å². The van der Waals surface area contributed by atoms with Crippen LogP contribution in [0.1, 0.15) is 33.6 Å². The summed E-state index contributed by atoms with van der Waals surface area (Å²) in [7, 11) is 1.39. The van der Waals surface area contributed by atoms with E-state index in [9.17, 15) is 24.5 Å². The number of nitro benzene ring substituents is 1. The van der Waals surface area contributed by atoms with E-state index in [1.165, 1.54) is 25.3 Å². The number of anilines is 1. The number of nitrogens with one attached hydrogen (secondary N) is 2. The molecule has 2 aromatic rings. The molecule has 156 valence electrons. The Bertz CT molecular complexity index is 1000. The van der Waals surface area contributed by atoms with Crippen LogP contribution in [0.2, 0.25) is 0 Å². The normalized spacial score (nSPS) is 12.6. The number of nitro groups is 1. The summed E-state index contributed by atoms with van der Waals surface area (Å²) in [5.41, 5.74) is 0.132. The molecule has 1 aliphatic rings. The summed E-state index contributed by atoms with van der Waals surface area (Å²) in [6.07, 6.45) is 1.87. The molecule has 0 unspecified atom stereocenters. The number of amides is 2. The highest BCUT2D eigenvalue weighted by atomic mass is 16.6. The fraction of sp³-hybridized carbons (Fsp3) is 0.250. The molecule has 1 aliphatic carbocycles. The first kappa shape index (κ1) is 20.8. The number of hydrogen-bond acceptors (Lipinski definition) is 8. The van der Waals surface area contributed by atoms with Crippen molar-refractivity contribution in [1.82, 2.24) is 5.32 Å². The van der Waals surface area contributed by atoms with Crippen LogP contribution in [-0.4, -0.2) is 42.5 Å². The van der Waals surface area contributed by atoms with Crippen LogP contribution < -0.4 is 15.4 Å². The number of para-hydroxylation sites is 1. The first-order valence-electron chi connectivity index (χ1n) is 9.08. The van der Waals surface area contributed by atoms with E-state index in [-0.39, 0.29) is 28.6 Å². The zero-order chi connectivity index (χ0) is 21.7. The van der Waals surface area contributed by atoms with Crippen molar-refractivity contribution in [2.24, 2.45) is 0 Å². The van der Waals surface area contributed by atoms with Gasteiger partial charge in [-0.25, -0.2) is 4.79 Å². The number of nitrogens with zero attached hydrogens (tertiary/aromatic N) is 1. The van der Waals surface area contributed by atoms with Gasteiger partial charge in [0.1, 0.15) is 11.4 Å². The van der Waals surface area contributed by atoms with Gasteiger partial charge in [0.05, 0.1) is 23.2 Å². The van der Waals surface area contributed by atoms with E-state index < -0.39 is 29.3 Å². The van der Waals surface area contributed by atoms with Crippen LogP contribution in [0.5, 0.6) is 5.75 Å². The fourth-order valence-corrected chi connectivity index (χ4v) is 2.66. The van der Waals surface area contributed by atoms with Gasteiger partial charge in [0.15, 0.2) is 6.61 Å². The number of carbonyl (C=O) groups excluding carboxylic acids is 3. The van der Waals surface area contributed by atoms with E-state index in [2.05, 4.69) is 10.6 Å². The second-order valence-electron chi connectivity index (χ2n) is 6.56. The van der Waals surface area contributed by atoms with Crippen LogP contribution in [0.25, 0.3) is 0 Å². The van der Waals surface area contributed by atoms with Crippen molar-refractivity contribution in [2.75, 3.05) is 19.0 Å². The van der Waals surface area contributed by atoms with Gasteiger partial charge in [0, 0.05) is 12.1 Å². The van der Waals surface area contributed by atoms with E-state index in [1.807, 2.05) is 0 Å². The van der Waals surface area contributed by atoms with E-state index in [4.69, 9.17) is 9.47 Å². The number of hydrogen-bond donors (Lipinski definition) is 2. The van der Waals surface area contributed by atoms with Gasteiger partial charge in [0.2, 0.25) is 0 Å². The summed E-state index contributed by atoms with van der Waals surface area (Å²) >= 11 is 0. The number of rotatable bonds is 8. The Morgan fingerprint density at radius 1 is 1.17 bits per heavy atom. The first-order valence-corrected chi connectivity index (χ1v) is 9.08. The molecule has 0 bridgehead atoms. The highest BCUT2D eigenvalue weighted by molar-refractivity contribution is 6.07. The molecule has 0 atom stereocenters. The predicted molar refractivity (Wildman–Crippen MR) is 105 cm³/mol. The average molecular weight is 413 g/mol. The van der Waals surface area contributed by atoms with E-state index >= 15 is 0 Å². The van der Waals surface area contributed by atoms with Crippen molar-refractivity contribution in [3.63, 3.8) is 0 Å². The Labute approximate surface area is 171 Å². The number of esters is 1. The number of carbonyl (C=O) groups is 3. The largest absolute Gasteiger partial charge is 0.496 e. The molecular weight excluding hydrogens is 394 g/mol. The summed E-state index contributed by atoms with van der Waals surface area (Å²) in [6, 6.07) is 10.4. The van der Waals surface area contributed by atoms with Crippen LogP contribution in [0.15, 0.2) is 42.5 Å². The Morgan fingerprint density at radius 3 is 2.57 bits per heavy atom. The molecule has 0 saturated heterocycles. The molecule has 2 aromatic carbocycles. The van der Waals surface area contributed by atoms with E-state index in [0.29, 0.717) is 5.69 Å². The fourth-order valence-electron chi connectivity index (χ4n) is 2.66. The molecule has 0 aromatic heterocycles. The van der Waals surface area contributed by atoms with Crippen LogP contribution in [0.4, 0.5) is 11.4 Å². The third-order valence-corrected chi connectivity index (χ3v) is 4.31. The minimum Gasteiger partial charge on any atom is -0.496 e. The summed E-state index contributed by atoms with van der Waals surface area (Å²) in [4.78, 5) is 47.0. The monoisotopic (exact) mass is 413 g/mol. The maximum atomic E-state index is 12.2. The Hall–Kier alpha value is -3.95. The Kier molecular flexibility index (Phi) is 6.26. The third kappa shape index (κ3) is 5.10.